The molecule has 1 atom stereocenters. The number of nitrogens with one attached hydrogen (secondary N) is 1. The van der Waals surface area contributed by atoms with Crippen LogP contribution in [0.1, 0.15) is 26.3 Å². The third-order valence-corrected chi connectivity index (χ3v) is 4.46. The van der Waals surface area contributed by atoms with Gasteiger partial charge in [0.1, 0.15) is 17.5 Å². The first-order valence-corrected chi connectivity index (χ1v) is 9.61. The van der Waals surface area contributed by atoms with Gasteiger partial charge in [-0.2, -0.15) is 0 Å². The molecule has 0 radical (unpaired) electrons. The zero-order valence-corrected chi connectivity index (χ0v) is 17.1. The highest BCUT2D eigenvalue weighted by molar-refractivity contribution is 5.90. The number of alkyl carbamates (subject to hydrolysis) is 1. The Kier molecular flexibility index (Phi) is 6.26. The highest BCUT2D eigenvalue weighted by Gasteiger charge is 2.33. The highest BCUT2D eigenvalue weighted by atomic mass is 19.1. The Morgan fingerprint density at radius 3 is 2.57 bits per heavy atom. The van der Waals surface area contributed by atoms with E-state index in [-0.39, 0.29) is 19.7 Å². The minimum absolute atomic E-state index is 0.0806. The van der Waals surface area contributed by atoms with Crippen molar-refractivity contribution in [1.29, 1.82) is 0 Å². The molecule has 0 saturated carbocycles. The Hall–Kier alpha value is -3.13. The molecule has 3 rings (SSSR count). The molecule has 0 bridgehead atoms. The quantitative estimate of drug-likeness (QED) is 0.773. The summed E-state index contributed by atoms with van der Waals surface area (Å²) in [4.78, 5) is 25.3. The number of amides is 2. The predicted octanol–water partition coefficient (Wildman–Crippen LogP) is 3.83. The molecule has 2 amide bonds. The van der Waals surface area contributed by atoms with Gasteiger partial charge >= 0.3 is 12.2 Å². The number of aliphatic hydroxyl groups excluding tert-OH is 1. The van der Waals surface area contributed by atoms with Crippen LogP contribution in [0.4, 0.5) is 19.7 Å². The molecule has 0 unspecified atom stereocenters. The number of carbonyl (C=O) groups excluding carboxylic acids is 2. The van der Waals surface area contributed by atoms with Crippen molar-refractivity contribution in [3.8, 4) is 11.1 Å². The molecule has 0 spiro atoms. The van der Waals surface area contributed by atoms with E-state index < -0.39 is 29.7 Å². The van der Waals surface area contributed by atoms with Gasteiger partial charge in [0.05, 0.1) is 25.4 Å². The molecule has 1 aliphatic rings. The van der Waals surface area contributed by atoms with Gasteiger partial charge in [-0.25, -0.2) is 14.0 Å². The third kappa shape index (κ3) is 5.27. The van der Waals surface area contributed by atoms with Crippen molar-refractivity contribution in [3.05, 3.63) is 53.8 Å². The molecule has 8 heteroatoms. The Bertz CT molecular complexity index is 924. The first-order chi connectivity index (χ1) is 14.2. The summed E-state index contributed by atoms with van der Waals surface area (Å²) in [6, 6.07) is 11.4. The van der Waals surface area contributed by atoms with E-state index in [0.717, 1.165) is 5.56 Å². The minimum atomic E-state index is -0.625. The summed E-state index contributed by atoms with van der Waals surface area (Å²) in [7, 11) is 0. The van der Waals surface area contributed by atoms with E-state index in [0.29, 0.717) is 16.8 Å². The number of ether oxygens (including phenoxy) is 2. The SMILES string of the molecule is CC(C)(C)OC(=O)NC[C@H]1CN(c2ccc(-c3ccc(CO)cc3)c(F)c2)C(=O)O1. The molecular formula is C22H25FN2O5. The Morgan fingerprint density at radius 2 is 1.97 bits per heavy atom. The van der Waals surface area contributed by atoms with E-state index in [1.165, 1.54) is 11.0 Å². The zero-order valence-electron chi connectivity index (χ0n) is 17.1. The van der Waals surface area contributed by atoms with Gasteiger partial charge in [-0.1, -0.05) is 24.3 Å². The van der Waals surface area contributed by atoms with Gasteiger partial charge in [0, 0.05) is 5.56 Å². The first kappa shape index (κ1) is 21.6. The smallest absolute Gasteiger partial charge is 0.414 e. The largest absolute Gasteiger partial charge is 0.444 e. The number of nitrogens with zero attached hydrogens (tertiary/aromatic N) is 1. The average Bonchev–Trinajstić information content (AvgIpc) is 3.06. The number of halogens is 1. The molecule has 0 aliphatic carbocycles. The summed E-state index contributed by atoms with van der Waals surface area (Å²) in [5.41, 5.74) is 1.54. The maximum absolute atomic E-state index is 14.7. The summed E-state index contributed by atoms with van der Waals surface area (Å²) in [6.07, 6.45) is -1.77. The molecule has 2 aromatic carbocycles. The van der Waals surface area contributed by atoms with Crippen molar-refractivity contribution in [2.45, 2.75) is 39.1 Å². The second kappa shape index (κ2) is 8.71. The first-order valence-electron chi connectivity index (χ1n) is 9.61. The van der Waals surface area contributed by atoms with Crippen LogP contribution in [0.2, 0.25) is 0 Å². The van der Waals surface area contributed by atoms with Crippen molar-refractivity contribution < 1.29 is 28.6 Å². The lowest BCUT2D eigenvalue weighted by Gasteiger charge is -2.20. The predicted molar refractivity (Wildman–Crippen MR) is 110 cm³/mol. The molecule has 2 N–H and O–H groups in total. The second-order valence-corrected chi connectivity index (χ2v) is 8.02. The minimum Gasteiger partial charge on any atom is -0.444 e. The number of benzene rings is 2. The molecular weight excluding hydrogens is 391 g/mol. The number of hydrogen-bond donors (Lipinski definition) is 2. The van der Waals surface area contributed by atoms with Crippen LogP contribution in [0.3, 0.4) is 0 Å². The lowest BCUT2D eigenvalue weighted by atomic mass is 10.0. The maximum Gasteiger partial charge on any atom is 0.414 e. The van der Waals surface area contributed by atoms with Crippen LogP contribution in [0.5, 0.6) is 0 Å². The monoisotopic (exact) mass is 416 g/mol. The molecule has 2 aromatic rings. The van der Waals surface area contributed by atoms with Gasteiger partial charge in [-0.05, 0) is 50.1 Å². The second-order valence-electron chi connectivity index (χ2n) is 8.02. The molecule has 1 aliphatic heterocycles. The van der Waals surface area contributed by atoms with Gasteiger partial charge in [0.2, 0.25) is 0 Å². The van der Waals surface area contributed by atoms with Crippen LogP contribution in [0.15, 0.2) is 42.5 Å². The number of cyclic esters (lactones) is 1. The fourth-order valence-corrected chi connectivity index (χ4v) is 3.05. The summed E-state index contributed by atoms with van der Waals surface area (Å²) >= 11 is 0. The molecule has 30 heavy (non-hydrogen) atoms. The van der Waals surface area contributed by atoms with E-state index in [2.05, 4.69) is 5.32 Å². The summed E-state index contributed by atoms with van der Waals surface area (Å²) < 4.78 is 25.1. The summed E-state index contributed by atoms with van der Waals surface area (Å²) in [5.74, 6) is -0.479. The van der Waals surface area contributed by atoms with E-state index >= 15 is 0 Å². The van der Waals surface area contributed by atoms with Gasteiger partial charge in [0.25, 0.3) is 0 Å². The van der Waals surface area contributed by atoms with Crippen molar-refractivity contribution >= 4 is 17.9 Å². The van der Waals surface area contributed by atoms with Crippen LogP contribution in [0, 0.1) is 5.82 Å². The number of rotatable bonds is 5. The van der Waals surface area contributed by atoms with Crippen LogP contribution in [0.25, 0.3) is 11.1 Å². The van der Waals surface area contributed by atoms with Crippen LogP contribution < -0.4 is 10.2 Å². The van der Waals surface area contributed by atoms with Crippen LogP contribution >= 0.6 is 0 Å². The Labute approximate surface area is 174 Å². The molecule has 7 nitrogen and oxygen atoms in total. The lowest BCUT2D eigenvalue weighted by molar-refractivity contribution is 0.0496. The van der Waals surface area contributed by atoms with Crippen molar-refractivity contribution in [2.75, 3.05) is 18.0 Å². The molecule has 1 saturated heterocycles. The third-order valence-electron chi connectivity index (χ3n) is 4.46. The van der Waals surface area contributed by atoms with Gasteiger partial charge < -0.3 is 19.9 Å². The van der Waals surface area contributed by atoms with Crippen molar-refractivity contribution in [2.24, 2.45) is 0 Å². The topological polar surface area (TPSA) is 88.1 Å². The zero-order chi connectivity index (χ0) is 21.9. The van der Waals surface area contributed by atoms with Gasteiger partial charge in [-0.3, -0.25) is 4.90 Å². The van der Waals surface area contributed by atoms with Crippen LogP contribution in [-0.2, 0) is 16.1 Å². The lowest BCUT2D eigenvalue weighted by Crippen LogP contribution is -2.38. The fourth-order valence-electron chi connectivity index (χ4n) is 3.05. The summed E-state index contributed by atoms with van der Waals surface area (Å²) in [6.45, 7) is 5.45. The number of aliphatic hydroxyl groups is 1. The maximum atomic E-state index is 14.7. The van der Waals surface area contributed by atoms with E-state index in [1.807, 2.05) is 0 Å². The van der Waals surface area contributed by atoms with E-state index in [1.54, 1.807) is 57.2 Å². The number of hydrogen-bond acceptors (Lipinski definition) is 5. The summed E-state index contributed by atoms with van der Waals surface area (Å²) in [5, 5.41) is 11.7. The Morgan fingerprint density at radius 1 is 1.27 bits per heavy atom. The normalized spacial score (nSPS) is 16.4. The van der Waals surface area contributed by atoms with Gasteiger partial charge in [0.15, 0.2) is 0 Å². The standard InChI is InChI=1S/C22H25FN2O5/c1-22(2,3)30-20(27)24-11-17-12-25(21(28)29-17)16-8-9-18(19(23)10-16)15-6-4-14(13-26)5-7-15/h4-10,17,26H,11-13H2,1-3H3,(H,24,27)/t17-/m0/s1. The van der Waals surface area contributed by atoms with E-state index in [9.17, 15) is 14.0 Å². The molecule has 160 valence electrons. The van der Waals surface area contributed by atoms with Gasteiger partial charge in [-0.15, -0.1) is 0 Å². The average molecular weight is 416 g/mol. The number of anilines is 1. The molecule has 1 heterocycles. The molecule has 1 fully saturated rings. The molecule has 0 aromatic heterocycles. The van der Waals surface area contributed by atoms with Crippen LogP contribution in [-0.4, -0.2) is 42.1 Å². The van der Waals surface area contributed by atoms with E-state index in [4.69, 9.17) is 14.6 Å². The Balaban J connectivity index is 1.65. The highest BCUT2D eigenvalue weighted by Crippen LogP contribution is 2.29. The van der Waals surface area contributed by atoms with Crippen molar-refractivity contribution in [1.82, 2.24) is 5.32 Å². The van der Waals surface area contributed by atoms with Crippen molar-refractivity contribution in [3.63, 3.8) is 0 Å². The number of carbonyl (C=O) groups is 2. The fraction of sp³-hybridized carbons (Fsp3) is 0.364.